The van der Waals surface area contributed by atoms with Crippen LogP contribution in [-0.2, 0) is 19.1 Å². The van der Waals surface area contributed by atoms with Crippen LogP contribution in [0.4, 0.5) is 27.1 Å². The number of anilines is 3. The molecule has 162 valence electrons. The average molecular weight is 430 g/mol. The Morgan fingerprint density at radius 3 is 2.61 bits per heavy atom. The Balaban J connectivity index is 1.68. The van der Waals surface area contributed by atoms with E-state index in [1.165, 1.54) is 18.1 Å². The molecule has 2 N–H and O–H groups in total. The van der Waals surface area contributed by atoms with Gasteiger partial charge in [-0.15, -0.1) is 0 Å². The molecule has 1 saturated heterocycles. The van der Waals surface area contributed by atoms with E-state index in [2.05, 4.69) is 10.6 Å². The molecule has 1 heterocycles. The highest BCUT2D eigenvalue weighted by Gasteiger charge is 2.36. The molecule has 1 unspecified atom stereocenters. The van der Waals surface area contributed by atoms with Crippen molar-refractivity contribution >= 4 is 40.5 Å². The predicted octanol–water partition coefficient (Wildman–Crippen LogP) is 2.31. The van der Waals surface area contributed by atoms with Gasteiger partial charge in [0, 0.05) is 37.5 Å². The first-order valence-electron chi connectivity index (χ1n) is 9.22. The van der Waals surface area contributed by atoms with Crippen LogP contribution in [0.2, 0.25) is 0 Å². The van der Waals surface area contributed by atoms with E-state index in [-0.39, 0.29) is 31.2 Å². The molecule has 0 saturated carbocycles. The number of benzene rings is 2. The van der Waals surface area contributed by atoms with E-state index in [1.54, 1.807) is 24.3 Å². The normalized spacial score (nSPS) is 15.6. The maximum atomic E-state index is 13.6. The highest BCUT2D eigenvalue weighted by atomic mass is 19.1. The second-order valence-corrected chi connectivity index (χ2v) is 6.85. The summed E-state index contributed by atoms with van der Waals surface area (Å²) < 4.78 is 18.3. The summed E-state index contributed by atoms with van der Waals surface area (Å²) in [5.74, 6) is -2.89. The molecule has 1 fully saturated rings. The molecule has 0 radical (unpaired) electrons. The highest BCUT2D eigenvalue weighted by molar-refractivity contribution is 6.04. The Kier molecular flexibility index (Phi) is 6.55. The van der Waals surface area contributed by atoms with Crippen molar-refractivity contribution in [2.45, 2.75) is 6.42 Å². The first-order valence-corrected chi connectivity index (χ1v) is 9.22. The third kappa shape index (κ3) is 5.20. The van der Waals surface area contributed by atoms with E-state index in [1.807, 2.05) is 0 Å². The number of hydrogen-bond acceptors (Lipinski definition) is 6. The number of nitro benzene ring substituents is 1. The minimum atomic E-state index is -1.01. The zero-order valence-electron chi connectivity index (χ0n) is 16.5. The number of amides is 3. The molecule has 3 amide bonds. The van der Waals surface area contributed by atoms with E-state index < -0.39 is 34.2 Å². The Labute approximate surface area is 176 Å². The maximum absolute atomic E-state index is 13.6. The number of nitrogens with one attached hydrogen (secondary N) is 2. The number of ether oxygens (including phenoxy) is 1. The van der Waals surface area contributed by atoms with Gasteiger partial charge in [-0.1, -0.05) is 6.07 Å². The standard InChI is InChI=1S/C20H19FN4O6/c1-31-11-18(26)22-13-3-2-4-14(8-13)23-20(28)12-7-19(27)24(10-12)15-5-6-16(21)17(9-15)25(29)30/h2-6,8-9,12H,7,10-11H2,1H3,(H,22,26)(H,23,28). The smallest absolute Gasteiger partial charge is 0.306 e. The summed E-state index contributed by atoms with van der Waals surface area (Å²) in [5.41, 5.74) is 0.285. The molecule has 0 spiro atoms. The lowest BCUT2D eigenvalue weighted by Gasteiger charge is -2.17. The maximum Gasteiger partial charge on any atom is 0.306 e. The summed E-state index contributed by atoms with van der Waals surface area (Å²) in [4.78, 5) is 47.9. The molecule has 31 heavy (non-hydrogen) atoms. The number of carbonyl (C=O) groups excluding carboxylic acids is 3. The van der Waals surface area contributed by atoms with Crippen molar-refractivity contribution in [3.05, 3.63) is 58.4 Å². The van der Waals surface area contributed by atoms with Crippen molar-refractivity contribution < 1.29 is 28.4 Å². The molecule has 1 aliphatic rings. The number of halogens is 1. The first kappa shape index (κ1) is 21.8. The number of hydrogen-bond donors (Lipinski definition) is 2. The minimum Gasteiger partial charge on any atom is -0.375 e. The van der Waals surface area contributed by atoms with Gasteiger partial charge in [-0.3, -0.25) is 24.5 Å². The van der Waals surface area contributed by atoms with Crippen LogP contribution in [0, 0.1) is 21.8 Å². The van der Waals surface area contributed by atoms with E-state index >= 15 is 0 Å². The zero-order chi connectivity index (χ0) is 22.5. The van der Waals surface area contributed by atoms with Gasteiger partial charge in [-0.25, -0.2) is 0 Å². The van der Waals surface area contributed by atoms with Crippen molar-refractivity contribution in [1.29, 1.82) is 0 Å². The molecule has 0 aromatic heterocycles. The van der Waals surface area contributed by atoms with Gasteiger partial charge in [-0.05, 0) is 30.3 Å². The molecule has 3 rings (SSSR count). The Morgan fingerprint density at radius 2 is 1.94 bits per heavy atom. The summed E-state index contributed by atoms with van der Waals surface area (Å²) in [7, 11) is 1.40. The van der Waals surface area contributed by atoms with Gasteiger partial charge in [0.2, 0.25) is 23.5 Å². The number of nitrogens with zero attached hydrogens (tertiary/aromatic N) is 2. The van der Waals surface area contributed by atoms with Gasteiger partial charge in [0.25, 0.3) is 0 Å². The Bertz CT molecular complexity index is 1040. The molecule has 2 aromatic rings. The molecular formula is C20H19FN4O6. The van der Waals surface area contributed by atoms with Crippen LogP contribution in [0.15, 0.2) is 42.5 Å². The summed E-state index contributed by atoms with van der Waals surface area (Å²) in [5, 5.41) is 16.3. The number of nitro groups is 1. The SMILES string of the molecule is COCC(=O)Nc1cccc(NC(=O)C2CC(=O)N(c3ccc(F)c([N+](=O)[O-])c3)C2)c1. The zero-order valence-corrected chi connectivity index (χ0v) is 16.5. The number of rotatable bonds is 7. The van der Waals surface area contributed by atoms with Crippen LogP contribution < -0.4 is 15.5 Å². The first-order chi connectivity index (χ1) is 14.8. The van der Waals surface area contributed by atoms with Crippen molar-refractivity contribution in [2.24, 2.45) is 5.92 Å². The summed E-state index contributed by atoms with van der Waals surface area (Å²) >= 11 is 0. The van der Waals surface area contributed by atoms with Gasteiger partial charge < -0.3 is 20.3 Å². The lowest BCUT2D eigenvalue weighted by Crippen LogP contribution is -2.28. The van der Waals surface area contributed by atoms with E-state index in [0.717, 1.165) is 12.1 Å². The lowest BCUT2D eigenvalue weighted by molar-refractivity contribution is -0.387. The third-order valence-corrected chi connectivity index (χ3v) is 4.62. The van der Waals surface area contributed by atoms with Crippen LogP contribution in [0.5, 0.6) is 0 Å². The minimum absolute atomic E-state index is 0.00226. The number of carbonyl (C=O) groups is 3. The molecule has 1 atom stereocenters. The van der Waals surface area contributed by atoms with Crippen molar-refractivity contribution in [3.8, 4) is 0 Å². The fourth-order valence-corrected chi connectivity index (χ4v) is 3.19. The lowest BCUT2D eigenvalue weighted by atomic mass is 10.1. The van der Waals surface area contributed by atoms with Crippen LogP contribution in [0.1, 0.15) is 6.42 Å². The van der Waals surface area contributed by atoms with Crippen molar-refractivity contribution in [3.63, 3.8) is 0 Å². The monoisotopic (exact) mass is 430 g/mol. The van der Waals surface area contributed by atoms with Crippen molar-refractivity contribution in [1.82, 2.24) is 0 Å². The quantitative estimate of drug-likeness (QED) is 0.512. The Hall–Kier alpha value is -3.86. The summed E-state index contributed by atoms with van der Waals surface area (Å²) in [6, 6.07) is 9.61. The van der Waals surface area contributed by atoms with E-state index in [4.69, 9.17) is 4.74 Å². The highest BCUT2D eigenvalue weighted by Crippen LogP contribution is 2.30. The summed E-state index contributed by atoms with van der Waals surface area (Å²) in [6.07, 6.45) is -0.0960. The molecule has 11 heteroatoms. The van der Waals surface area contributed by atoms with Gasteiger partial charge in [0.1, 0.15) is 6.61 Å². The van der Waals surface area contributed by atoms with Crippen LogP contribution in [-0.4, -0.2) is 42.9 Å². The van der Waals surface area contributed by atoms with Crippen molar-refractivity contribution in [2.75, 3.05) is 35.8 Å². The molecule has 0 bridgehead atoms. The van der Waals surface area contributed by atoms with Gasteiger partial charge in [0.15, 0.2) is 0 Å². The molecular weight excluding hydrogens is 411 g/mol. The van der Waals surface area contributed by atoms with Crippen LogP contribution >= 0.6 is 0 Å². The average Bonchev–Trinajstić information content (AvgIpc) is 3.10. The summed E-state index contributed by atoms with van der Waals surface area (Å²) in [6.45, 7) is -0.115. The predicted molar refractivity (Wildman–Crippen MR) is 109 cm³/mol. The van der Waals surface area contributed by atoms with Crippen LogP contribution in [0.25, 0.3) is 0 Å². The van der Waals surface area contributed by atoms with Crippen LogP contribution in [0.3, 0.4) is 0 Å². The van der Waals surface area contributed by atoms with E-state index in [9.17, 15) is 28.9 Å². The Morgan fingerprint density at radius 1 is 1.23 bits per heavy atom. The van der Waals surface area contributed by atoms with Gasteiger partial charge >= 0.3 is 5.69 Å². The van der Waals surface area contributed by atoms with E-state index in [0.29, 0.717) is 11.4 Å². The molecule has 0 aliphatic carbocycles. The molecule has 1 aliphatic heterocycles. The largest absolute Gasteiger partial charge is 0.375 e. The third-order valence-electron chi connectivity index (χ3n) is 4.62. The van der Waals surface area contributed by atoms with Gasteiger partial charge in [0.05, 0.1) is 16.5 Å². The molecule has 2 aromatic carbocycles. The fourth-order valence-electron chi connectivity index (χ4n) is 3.19. The second-order valence-electron chi connectivity index (χ2n) is 6.85. The number of methoxy groups -OCH3 is 1. The fraction of sp³-hybridized carbons (Fsp3) is 0.250. The molecule has 10 nitrogen and oxygen atoms in total. The topological polar surface area (TPSA) is 131 Å². The van der Waals surface area contributed by atoms with Gasteiger partial charge in [-0.2, -0.15) is 4.39 Å². The second kappa shape index (κ2) is 9.30.